The molecule has 1 heterocycles. The number of carbonyl (C=O) groups excluding carboxylic acids is 1. The minimum atomic E-state index is -5.02. The van der Waals surface area contributed by atoms with Crippen molar-refractivity contribution in [2.24, 2.45) is 11.8 Å². The lowest BCUT2D eigenvalue weighted by molar-refractivity contribution is -0.288. The molecule has 0 saturated carbocycles. The van der Waals surface area contributed by atoms with Crippen molar-refractivity contribution in [2.75, 3.05) is 20.3 Å². The second-order valence-electron chi connectivity index (χ2n) is 9.42. The van der Waals surface area contributed by atoms with Gasteiger partial charge in [-0.3, -0.25) is 0 Å². The van der Waals surface area contributed by atoms with E-state index in [-0.39, 0.29) is 18.8 Å². The van der Waals surface area contributed by atoms with Crippen LogP contribution in [0.15, 0.2) is 42.0 Å². The number of allylic oxidation sites excluding steroid dienone is 1. The summed E-state index contributed by atoms with van der Waals surface area (Å²) in [5.41, 5.74) is -2.48. The molecule has 0 amide bonds. The lowest BCUT2D eigenvalue weighted by atomic mass is 9.86. The monoisotopic (exact) mass is 470 g/mol. The highest BCUT2D eigenvalue weighted by Crippen LogP contribution is 2.44. The fourth-order valence-corrected chi connectivity index (χ4v) is 4.30. The zero-order valence-corrected chi connectivity index (χ0v) is 19.6. The third kappa shape index (κ3) is 5.78. The second kappa shape index (κ2) is 10.2. The minimum Gasteiger partial charge on any atom is -0.459 e. The summed E-state index contributed by atoms with van der Waals surface area (Å²) in [4.78, 5) is 13.2. The Morgan fingerprint density at radius 3 is 2.33 bits per heavy atom. The molecule has 8 heteroatoms. The molecule has 1 aromatic carbocycles. The van der Waals surface area contributed by atoms with Gasteiger partial charge in [0.1, 0.15) is 6.10 Å². The quantitative estimate of drug-likeness (QED) is 0.387. The Balaban J connectivity index is 1.90. The summed E-state index contributed by atoms with van der Waals surface area (Å²) in [5.74, 6) is -2.12. The van der Waals surface area contributed by atoms with Gasteiger partial charge in [-0.25, -0.2) is 4.79 Å². The number of carbonyl (C=O) groups is 1. The van der Waals surface area contributed by atoms with Crippen LogP contribution in [0.2, 0.25) is 0 Å². The van der Waals surface area contributed by atoms with E-state index >= 15 is 0 Å². The van der Waals surface area contributed by atoms with Crippen LogP contribution in [0.4, 0.5) is 13.2 Å². The van der Waals surface area contributed by atoms with Gasteiger partial charge >= 0.3 is 12.1 Å². The van der Waals surface area contributed by atoms with E-state index in [2.05, 4.69) is 13.0 Å². The maximum atomic E-state index is 14.3. The van der Waals surface area contributed by atoms with Crippen molar-refractivity contribution < 1.29 is 36.9 Å². The van der Waals surface area contributed by atoms with Crippen molar-refractivity contribution in [1.29, 1.82) is 0 Å². The molecular weight excluding hydrogens is 437 g/mol. The lowest BCUT2D eigenvalue weighted by Gasteiger charge is -2.40. The fraction of sp³-hybridized carbons (Fsp3) is 0.640. The van der Waals surface area contributed by atoms with Gasteiger partial charge in [0.05, 0.1) is 13.2 Å². The Bertz CT molecular complexity index is 826. The summed E-state index contributed by atoms with van der Waals surface area (Å²) >= 11 is 0. The van der Waals surface area contributed by atoms with E-state index in [1.807, 2.05) is 0 Å². The van der Waals surface area contributed by atoms with Crippen molar-refractivity contribution in [1.82, 2.24) is 0 Å². The van der Waals surface area contributed by atoms with Gasteiger partial charge in [0.2, 0.25) is 0 Å². The number of hydrogen-bond acceptors (Lipinski definition) is 5. The standard InChI is InChI=1S/C25H33F3O5/c1-17-10-12-18(13-11-17)14-21(19-15-31-23(2,3)32-16-19)33-22(29)24(30-4,25(26,27)28)20-8-6-5-7-9-20/h5-9,12,17,19,21H,10-11,13-16H2,1-4H3/t17-,21+,24+/m0/s1. The molecule has 0 radical (unpaired) electrons. The molecule has 3 rings (SSSR count). The Labute approximate surface area is 193 Å². The maximum Gasteiger partial charge on any atom is 0.432 e. The molecule has 0 aromatic heterocycles. The van der Waals surface area contributed by atoms with Crippen LogP contribution >= 0.6 is 0 Å². The van der Waals surface area contributed by atoms with E-state index in [0.29, 0.717) is 12.3 Å². The topological polar surface area (TPSA) is 54.0 Å². The van der Waals surface area contributed by atoms with Crippen LogP contribution in [0.25, 0.3) is 0 Å². The average molecular weight is 471 g/mol. The van der Waals surface area contributed by atoms with Crippen LogP contribution in [-0.2, 0) is 29.3 Å². The predicted octanol–water partition coefficient (Wildman–Crippen LogP) is 5.54. The number of rotatable bonds is 7. The first-order valence-corrected chi connectivity index (χ1v) is 11.3. The molecule has 0 unspecified atom stereocenters. The molecule has 2 aliphatic rings. The Hall–Kier alpha value is -1.90. The number of benzene rings is 1. The number of methoxy groups -OCH3 is 1. The van der Waals surface area contributed by atoms with Gasteiger partial charge in [-0.1, -0.05) is 48.9 Å². The summed E-state index contributed by atoms with van der Waals surface area (Å²) in [6, 6.07) is 6.86. The number of hydrogen-bond donors (Lipinski definition) is 0. The SMILES string of the molecule is CO[C@@](C(=O)O[C@H](CC1=CC[C@H](C)CC1)C1COC(C)(C)OC1)(c1ccccc1)C(F)(F)F. The summed E-state index contributed by atoms with van der Waals surface area (Å²) in [6.45, 7) is 6.12. The van der Waals surface area contributed by atoms with Crippen molar-refractivity contribution >= 4 is 5.97 Å². The largest absolute Gasteiger partial charge is 0.459 e. The molecule has 33 heavy (non-hydrogen) atoms. The molecule has 5 nitrogen and oxygen atoms in total. The molecule has 184 valence electrons. The van der Waals surface area contributed by atoms with Crippen LogP contribution in [0.3, 0.4) is 0 Å². The van der Waals surface area contributed by atoms with Crippen molar-refractivity contribution in [3.8, 4) is 0 Å². The maximum absolute atomic E-state index is 14.3. The van der Waals surface area contributed by atoms with Crippen LogP contribution in [0, 0.1) is 11.8 Å². The van der Waals surface area contributed by atoms with Gasteiger partial charge in [0.25, 0.3) is 5.60 Å². The van der Waals surface area contributed by atoms with Crippen LogP contribution in [-0.4, -0.2) is 44.4 Å². The van der Waals surface area contributed by atoms with Crippen LogP contribution in [0.1, 0.15) is 52.0 Å². The highest BCUT2D eigenvalue weighted by atomic mass is 19.4. The average Bonchev–Trinajstić information content (AvgIpc) is 2.75. The van der Waals surface area contributed by atoms with Crippen LogP contribution < -0.4 is 0 Å². The first-order valence-electron chi connectivity index (χ1n) is 11.3. The minimum absolute atomic E-state index is 0.214. The summed E-state index contributed by atoms with van der Waals surface area (Å²) < 4.78 is 65.0. The summed E-state index contributed by atoms with van der Waals surface area (Å²) in [5, 5.41) is 0. The highest BCUT2D eigenvalue weighted by molar-refractivity contribution is 5.83. The fourth-order valence-electron chi connectivity index (χ4n) is 4.30. The molecule has 1 aromatic rings. The van der Waals surface area contributed by atoms with E-state index in [1.165, 1.54) is 24.3 Å². The van der Waals surface area contributed by atoms with Crippen LogP contribution in [0.5, 0.6) is 0 Å². The van der Waals surface area contributed by atoms with E-state index in [0.717, 1.165) is 31.9 Å². The van der Waals surface area contributed by atoms with E-state index in [9.17, 15) is 18.0 Å². The highest BCUT2D eigenvalue weighted by Gasteiger charge is 2.64. The Morgan fingerprint density at radius 2 is 1.82 bits per heavy atom. The molecule has 1 fully saturated rings. The van der Waals surface area contributed by atoms with Gasteiger partial charge in [0.15, 0.2) is 5.79 Å². The normalized spacial score (nSPS) is 24.5. The van der Waals surface area contributed by atoms with Gasteiger partial charge in [-0.15, -0.1) is 0 Å². The Kier molecular flexibility index (Phi) is 7.91. The van der Waals surface area contributed by atoms with E-state index < -0.39 is 35.6 Å². The second-order valence-corrected chi connectivity index (χ2v) is 9.42. The molecule has 0 N–H and O–H groups in total. The molecule has 3 atom stereocenters. The van der Waals surface area contributed by atoms with E-state index in [1.54, 1.807) is 19.9 Å². The number of esters is 1. The summed E-state index contributed by atoms with van der Waals surface area (Å²) in [6.07, 6.45) is -0.708. The predicted molar refractivity (Wildman–Crippen MR) is 116 cm³/mol. The van der Waals surface area contributed by atoms with E-state index in [4.69, 9.17) is 18.9 Å². The molecular formula is C25H33F3O5. The zero-order chi connectivity index (χ0) is 24.3. The third-order valence-corrected chi connectivity index (χ3v) is 6.48. The lowest BCUT2D eigenvalue weighted by Crippen LogP contribution is -2.54. The van der Waals surface area contributed by atoms with Crippen molar-refractivity contribution in [3.05, 3.63) is 47.5 Å². The van der Waals surface area contributed by atoms with Gasteiger partial charge < -0.3 is 18.9 Å². The Morgan fingerprint density at radius 1 is 1.18 bits per heavy atom. The molecule has 1 aliphatic heterocycles. The molecule has 1 saturated heterocycles. The molecule has 0 bridgehead atoms. The van der Waals surface area contributed by atoms with Crippen molar-refractivity contribution in [3.63, 3.8) is 0 Å². The van der Waals surface area contributed by atoms with Gasteiger partial charge in [-0.2, -0.15) is 13.2 Å². The first-order chi connectivity index (χ1) is 15.5. The number of ether oxygens (including phenoxy) is 4. The van der Waals surface area contributed by atoms with Gasteiger partial charge in [-0.05, 0) is 39.0 Å². The van der Waals surface area contributed by atoms with Gasteiger partial charge in [0, 0.05) is 25.0 Å². The zero-order valence-electron chi connectivity index (χ0n) is 19.6. The molecule has 1 aliphatic carbocycles. The number of alkyl halides is 3. The smallest absolute Gasteiger partial charge is 0.432 e. The first kappa shape index (κ1) is 25.7. The summed E-state index contributed by atoms with van der Waals surface area (Å²) in [7, 11) is 0.872. The third-order valence-electron chi connectivity index (χ3n) is 6.48. The molecule has 0 spiro atoms. The number of halogens is 3. The van der Waals surface area contributed by atoms with Crippen molar-refractivity contribution in [2.45, 2.75) is 70.1 Å².